The molecule has 4 fully saturated rings. The second-order valence-corrected chi connectivity index (χ2v) is 27.6. The molecule has 30 heteroatoms. The van der Waals surface area contributed by atoms with Gasteiger partial charge in [0.05, 0.1) is 25.7 Å². The second kappa shape index (κ2) is 39.1. The first-order valence-corrected chi connectivity index (χ1v) is 33.4. The van der Waals surface area contributed by atoms with E-state index in [1.165, 1.54) is 0 Å². The molecule has 0 aromatic rings. The van der Waals surface area contributed by atoms with E-state index in [1.54, 1.807) is 65.2 Å². The maximum absolute atomic E-state index is 13.6. The van der Waals surface area contributed by atoms with E-state index in [-0.39, 0.29) is 60.4 Å². The van der Waals surface area contributed by atoms with Crippen molar-refractivity contribution in [1.82, 2.24) is 63.0 Å². The zero-order chi connectivity index (χ0) is 70.8. The molecule has 14 N–H and O–H groups in total. The molecule has 30 nitrogen and oxygen atoms in total. The van der Waals surface area contributed by atoms with Crippen LogP contribution in [0.25, 0.3) is 0 Å². The van der Waals surface area contributed by atoms with Gasteiger partial charge in [0, 0.05) is 38.3 Å². The average molecular weight is 1330 g/mol. The first-order chi connectivity index (χ1) is 44.0. The number of amides is 12. The molecule has 12 atom stereocenters. The normalized spacial score (nSPS) is 20.9. The van der Waals surface area contributed by atoms with Crippen molar-refractivity contribution in [3.63, 3.8) is 0 Å². The molecule has 0 spiro atoms. The van der Waals surface area contributed by atoms with Crippen LogP contribution in [-0.2, 0) is 57.5 Å². The van der Waals surface area contributed by atoms with Gasteiger partial charge in [-0.3, -0.25) is 47.9 Å². The Hall–Kier alpha value is -7.82. The summed E-state index contributed by atoms with van der Waals surface area (Å²) in [7, 11) is 0. The highest BCUT2D eigenvalue weighted by atomic mass is 16.4. The first-order valence-electron chi connectivity index (χ1n) is 33.4. The Bertz CT molecular complexity index is 2430. The van der Waals surface area contributed by atoms with Gasteiger partial charge in [0.15, 0.2) is 0 Å². The zero-order valence-corrected chi connectivity index (χ0v) is 56.9. The number of nitrogens with zero attached hydrogens (tertiary/aromatic N) is 2. The van der Waals surface area contributed by atoms with Crippen LogP contribution >= 0.6 is 0 Å². The lowest BCUT2D eigenvalue weighted by atomic mass is 9.79. The van der Waals surface area contributed by atoms with Gasteiger partial charge in [-0.1, -0.05) is 95.9 Å². The SMILES string of the molecule is CC(C)C[C@@H](NC(=O)[C@@H](CC(=O)O)NC(=O)[C@H](CC(=O)N1CCCC1)NC(=O)[C@H](NC(=O)NC1[C@@H](C)CCC[C@@H]1C)C(C)C)C(=O)O.CC(C)C[C@@H](NC(=O)[C@@H](CC(=O)O)NC(=O)[C@H](CC(=O)N1CCCC1)NC(=O)[C@H](NC(=O)NC1[C@H](C)CCC[C@H]1C)C(C)C)C(=O)O. The zero-order valence-electron chi connectivity index (χ0n) is 56.9. The Balaban J connectivity index is 0.000000490. The quantitative estimate of drug-likeness (QED) is 0.0460. The van der Waals surface area contributed by atoms with Gasteiger partial charge in [0.1, 0.15) is 48.3 Å². The van der Waals surface area contributed by atoms with Crippen molar-refractivity contribution >= 4 is 83.2 Å². The van der Waals surface area contributed by atoms with Gasteiger partial charge < -0.3 is 83.4 Å². The molecule has 2 saturated carbocycles. The third-order valence-corrected chi connectivity index (χ3v) is 17.8. The van der Waals surface area contributed by atoms with E-state index in [4.69, 9.17) is 0 Å². The molecule has 2 heterocycles. The summed E-state index contributed by atoms with van der Waals surface area (Å²) in [5.74, 6) is -11.9. The van der Waals surface area contributed by atoms with Gasteiger partial charge in [0.25, 0.3) is 0 Å². The molecule has 0 aromatic heterocycles. The van der Waals surface area contributed by atoms with Crippen molar-refractivity contribution in [3.05, 3.63) is 0 Å². The molecule has 94 heavy (non-hydrogen) atoms. The Morgan fingerprint density at radius 1 is 0.351 bits per heavy atom. The summed E-state index contributed by atoms with van der Waals surface area (Å²) in [5.41, 5.74) is 0. The molecule has 2 aliphatic heterocycles. The number of rotatable bonds is 32. The summed E-state index contributed by atoms with van der Waals surface area (Å²) < 4.78 is 0. The molecule has 4 rings (SSSR count). The Kier molecular flexibility index (Phi) is 33.5. The van der Waals surface area contributed by atoms with Crippen LogP contribution in [0.1, 0.15) is 186 Å². The van der Waals surface area contributed by atoms with Crippen molar-refractivity contribution in [2.75, 3.05) is 26.2 Å². The van der Waals surface area contributed by atoms with Crippen LogP contribution in [-0.4, -0.2) is 200 Å². The van der Waals surface area contributed by atoms with E-state index in [9.17, 15) is 87.5 Å². The molecule has 12 amide bonds. The molecule has 0 bridgehead atoms. The lowest BCUT2D eigenvalue weighted by molar-refractivity contribution is -0.145. The summed E-state index contributed by atoms with van der Waals surface area (Å²) >= 11 is 0. The number of hydrogen-bond donors (Lipinski definition) is 14. The van der Waals surface area contributed by atoms with E-state index >= 15 is 0 Å². The molecule has 2 saturated heterocycles. The van der Waals surface area contributed by atoms with E-state index in [0.29, 0.717) is 26.2 Å². The van der Waals surface area contributed by atoms with E-state index in [1.807, 2.05) is 0 Å². The predicted octanol–water partition coefficient (Wildman–Crippen LogP) is 2.41. The number of nitrogens with one attached hydrogen (secondary N) is 10. The minimum Gasteiger partial charge on any atom is -0.481 e. The van der Waals surface area contributed by atoms with Gasteiger partial charge in [-0.2, -0.15) is 0 Å². The summed E-state index contributed by atoms with van der Waals surface area (Å²) in [4.78, 5) is 182. The van der Waals surface area contributed by atoms with Crippen LogP contribution in [0.4, 0.5) is 9.59 Å². The Morgan fingerprint density at radius 2 is 0.606 bits per heavy atom. The second-order valence-electron chi connectivity index (χ2n) is 27.6. The minimum atomic E-state index is -1.69. The first kappa shape index (κ1) is 80.4. The number of carboxylic acid groups (broad SMARTS) is 4. The number of carboxylic acids is 4. The van der Waals surface area contributed by atoms with Crippen LogP contribution in [0.15, 0.2) is 0 Å². The van der Waals surface area contributed by atoms with Crippen LogP contribution in [0.3, 0.4) is 0 Å². The largest absolute Gasteiger partial charge is 0.481 e. The number of aliphatic carboxylic acids is 4. The average Bonchev–Trinajstić information content (AvgIpc) is 1.15. The summed E-state index contributed by atoms with van der Waals surface area (Å²) in [6, 6.07) is -12.5. The van der Waals surface area contributed by atoms with Crippen LogP contribution in [0.5, 0.6) is 0 Å². The molecule has 0 aromatic carbocycles. The number of carbonyl (C=O) groups excluding carboxylic acids is 10. The number of urea groups is 2. The van der Waals surface area contributed by atoms with Crippen molar-refractivity contribution in [3.8, 4) is 0 Å². The fraction of sp³-hybridized carbons (Fsp3) is 0.781. The van der Waals surface area contributed by atoms with Gasteiger partial charge in [-0.25, -0.2) is 19.2 Å². The lowest BCUT2D eigenvalue weighted by Crippen LogP contribution is -2.60. The third kappa shape index (κ3) is 27.3. The summed E-state index contributed by atoms with van der Waals surface area (Å²) in [6.07, 6.45) is 6.60. The maximum Gasteiger partial charge on any atom is 0.326 e. The highest BCUT2D eigenvalue weighted by molar-refractivity contribution is 6.00. The lowest BCUT2D eigenvalue weighted by Gasteiger charge is -2.35. The molecular weight excluding hydrogens is 1220 g/mol. The van der Waals surface area contributed by atoms with E-state index < -0.39 is 169 Å². The molecule has 2 aliphatic carbocycles. The minimum absolute atomic E-state index is 0.0631. The van der Waals surface area contributed by atoms with Crippen LogP contribution in [0, 0.1) is 47.3 Å². The predicted molar refractivity (Wildman–Crippen MR) is 344 cm³/mol. The van der Waals surface area contributed by atoms with Crippen LogP contribution < -0.4 is 53.2 Å². The Labute approximate surface area is 551 Å². The van der Waals surface area contributed by atoms with Crippen LogP contribution in [0.2, 0.25) is 0 Å². The molecule has 532 valence electrons. The highest BCUT2D eigenvalue weighted by Crippen LogP contribution is 2.30. The van der Waals surface area contributed by atoms with Gasteiger partial charge in [-0.15, -0.1) is 0 Å². The fourth-order valence-corrected chi connectivity index (χ4v) is 12.4. The molecule has 0 unspecified atom stereocenters. The van der Waals surface area contributed by atoms with Gasteiger partial charge in [0.2, 0.25) is 47.3 Å². The van der Waals surface area contributed by atoms with Gasteiger partial charge in [-0.05, 0) is 112 Å². The van der Waals surface area contributed by atoms with Crippen molar-refractivity contribution in [2.24, 2.45) is 47.3 Å². The number of likely N-dealkylation sites (tertiary alicyclic amines) is 2. The number of carbonyl (C=O) groups is 14. The molecule has 0 radical (unpaired) electrons. The van der Waals surface area contributed by atoms with Gasteiger partial charge >= 0.3 is 35.9 Å². The molecular formula is C64H108N12O18. The monoisotopic (exact) mass is 1330 g/mol. The van der Waals surface area contributed by atoms with Crippen molar-refractivity contribution in [2.45, 2.75) is 246 Å². The summed E-state index contributed by atoms with van der Waals surface area (Å²) in [5, 5.41) is 63.6. The van der Waals surface area contributed by atoms with E-state index in [0.717, 1.165) is 64.2 Å². The maximum atomic E-state index is 13.6. The number of hydrogen-bond acceptors (Lipinski definition) is 14. The van der Waals surface area contributed by atoms with E-state index in [2.05, 4.69) is 80.9 Å². The molecule has 4 aliphatic rings. The fourth-order valence-electron chi connectivity index (χ4n) is 12.4. The standard InChI is InChI=1S/2C32H54N6O9/c2*1-17(2)14-23(31(45)46)35-29(43)22(16-25(40)41)33-28(42)21(15-24(39)38-12-7-8-13-38)34-30(44)26(18(3)4)36-32(47)37-27-19(5)10-9-11-20(27)6/h2*17-23,26-27H,7-16H2,1-6H3,(H,33,42)(H,34,44)(H,35,43)(H,40,41)(H,45,46)(H2,36,37,47)/t19-,20-,21+,22-,23-,26-;19-,20-,21-,22+,23+,26+/m10/s1. The highest BCUT2D eigenvalue weighted by Gasteiger charge is 2.39. The summed E-state index contributed by atoms with van der Waals surface area (Å²) in [6.45, 7) is 24.0. The Morgan fingerprint density at radius 3 is 0.851 bits per heavy atom. The van der Waals surface area contributed by atoms with Crippen molar-refractivity contribution < 1.29 is 87.5 Å². The topological polar surface area (TPSA) is 447 Å². The third-order valence-electron chi connectivity index (χ3n) is 17.8. The van der Waals surface area contributed by atoms with Crippen molar-refractivity contribution in [1.29, 1.82) is 0 Å². The smallest absolute Gasteiger partial charge is 0.326 e.